The van der Waals surface area contributed by atoms with Gasteiger partial charge in [-0.15, -0.1) is 10.2 Å². The predicted molar refractivity (Wildman–Crippen MR) is 109 cm³/mol. The summed E-state index contributed by atoms with van der Waals surface area (Å²) in [7, 11) is 1.82. The first-order valence-electron chi connectivity index (χ1n) is 9.10. The Hall–Kier alpha value is -1.93. The summed E-state index contributed by atoms with van der Waals surface area (Å²) < 4.78 is 0.716. The quantitative estimate of drug-likeness (QED) is 0.495. The van der Waals surface area contributed by atoms with Crippen LogP contribution >= 0.6 is 23.1 Å². The largest absolute Gasteiger partial charge is 0.338 e. The third kappa shape index (κ3) is 4.87. The molecule has 0 unspecified atom stereocenters. The third-order valence-corrected chi connectivity index (χ3v) is 6.70. The summed E-state index contributed by atoms with van der Waals surface area (Å²) in [6, 6.07) is 10.2. The summed E-state index contributed by atoms with van der Waals surface area (Å²) >= 11 is 2.76. The minimum absolute atomic E-state index is 0.0109. The van der Waals surface area contributed by atoms with Gasteiger partial charge in [0.15, 0.2) is 4.34 Å². The summed E-state index contributed by atoms with van der Waals surface area (Å²) in [6.07, 6.45) is 2.50. The maximum atomic E-state index is 12.5. The van der Waals surface area contributed by atoms with Gasteiger partial charge in [-0.25, -0.2) is 0 Å². The summed E-state index contributed by atoms with van der Waals surface area (Å²) in [6.45, 7) is 3.88. The van der Waals surface area contributed by atoms with Crippen molar-refractivity contribution in [3.63, 3.8) is 0 Å². The van der Waals surface area contributed by atoms with E-state index in [2.05, 4.69) is 10.2 Å². The van der Waals surface area contributed by atoms with E-state index in [0.29, 0.717) is 21.6 Å². The highest BCUT2D eigenvalue weighted by molar-refractivity contribution is 8.01. The van der Waals surface area contributed by atoms with Gasteiger partial charge in [0.1, 0.15) is 0 Å². The SMILES string of the molecule is CCC(=O)N(c1nnc(SCC(=O)N(C)[C@H](C)c2ccccc2)s1)C1CC1. The number of thioether (sulfide) groups is 1. The molecule has 1 fully saturated rings. The average molecular weight is 405 g/mol. The van der Waals surface area contributed by atoms with Crippen LogP contribution in [0, 0.1) is 0 Å². The zero-order valence-corrected chi connectivity index (χ0v) is 17.4. The number of benzene rings is 1. The fourth-order valence-corrected chi connectivity index (χ4v) is 4.58. The van der Waals surface area contributed by atoms with E-state index in [1.54, 1.807) is 9.80 Å². The Labute approximate surface area is 168 Å². The molecule has 1 aliphatic rings. The summed E-state index contributed by atoms with van der Waals surface area (Å²) in [5.41, 5.74) is 1.11. The number of hydrogen-bond donors (Lipinski definition) is 0. The molecular weight excluding hydrogens is 380 g/mol. The zero-order chi connectivity index (χ0) is 19.4. The molecule has 0 aliphatic heterocycles. The van der Waals surface area contributed by atoms with E-state index in [-0.39, 0.29) is 23.9 Å². The third-order valence-electron chi connectivity index (χ3n) is 4.66. The second kappa shape index (κ2) is 8.84. The van der Waals surface area contributed by atoms with E-state index in [1.807, 2.05) is 51.2 Å². The lowest BCUT2D eigenvalue weighted by atomic mass is 10.1. The number of rotatable bonds is 8. The monoisotopic (exact) mass is 404 g/mol. The molecule has 144 valence electrons. The lowest BCUT2D eigenvalue weighted by Gasteiger charge is -2.25. The Bertz CT molecular complexity index is 792. The normalized spacial score (nSPS) is 14.6. The highest BCUT2D eigenvalue weighted by Gasteiger charge is 2.35. The van der Waals surface area contributed by atoms with Gasteiger partial charge < -0.3 is 4.90 Å². The maximum absolute atomic E-state index is 12.5. The van der Waals surface area contributed by atoms with Gasteiger partial charge in [0.25, 0.3) is 0 Å². The van der Waals surface area contributed by atoms with Crippen molar-refractivity contribution in [2.75, 3.05) is 17.7 Å². The van der Waals surface area contributed by atoms with Crippen molar-refractivity contribution in [3.8, 4) is 0 Å². The molecule has 0 N–H and O–H groups in total. The molecule has 1 saturated carbocycles. The molecule has 1 atom stereocenters. The van der Waals surface area contributed by atoms with Crippen molar-refractivity contribution in [1.29, 1.82) is 0 Å². The molecule has 2 aromatic rings. The molecule has 1 aliphatic carbocycles. The van der Waals surface area contributed by atoms with Crippen molar-refractivity contribution < 1.29 is 9.59 Å². The first-order valence-corrected chi connectivity index (χ1v) is 10.9. The summed E-state index contributed by atoms with van der Waals surface area (Å²) in [4.78, 5) is 28.2. The number of carbonyl (C=O) groups is 2. The smallest absolute Gasteiger partial charge is 0.233 e. The van der Waals surface area contributed by atoms with Gasteiger partial charge in [-0.1, -0.05) is 60.4 Å². The molecule has 0 spiro atoms. The topological polar surface area (TPSA) is 66.4 Å². The van der Waals surface area contributed by atoms with Gasteiger partial charge in [-0.3, -0.25) is 14.5 Å². The van der Waals surface area contributed by atoms with Crippen LogP contribution in [0.15, 0.2) is 34.7 Å². The van der Waals surface area contributed by atoms with Crippen LogP contribution in [-0.2, 0) is 9.59 Å². The van der Waals surface area contributed by atoms with Crippen LogP contribution < -0.4 is 4.90 Å². The molecule has 27 heavy (non-hydrogen) atoms. The Morgan fingerprint density at radius 1 is 1.22 bits per heavy atom. The van der Waals surface area contributed by atoms with Crippen molar-refractivity contribution in [1.82, 2.24) is 15.1 Å². The molecule has 1 aromatic carbocycles. The number of nitrogens with zero attached hydrogens (tertiary/aromatic N) is 4. The van der Waals surface area contributed by atoms with Crippen LogP contribution in [0.2, 0.25) is 0 Å². The van der Waals surface area contributed by atoms with Gasteiger partial charge in [0, 0.05) is 19.5 Å². The first-order chi connectivity index (χ1) is 13.0. The number of hydrogen-bond acceptors (Lipinski definition) is 6. The molecule has 2 amide bonds. The summed E-state index contributed by atoms with van der Waals surface area (Å²) in [5, 5.41) is 8.99. The minimum atomic E-state index is 0.0109. The number of aromatic nitrogens is 2. The second-order valence-electron chi connectivity index (χ2n) is 6.58. The molecule has 3 rings (SSSR count). The van der Waals surface area contributed by atoms with Gasteiger partial charge >= 0.3 is 0 Å². The molecule has 0 radical (unpaired) electrons. The number of carbonyl (C=O) groups excluding carboxylic acids is 2. The Balaban J connectivity index is 1.58. The fourth-order valence-electron chi connectivity index (χ4n) is 2.72. The lowest BCUT2D eigenvalue weighted by Crippen LogP contribution is -2.32. The van der Waals surface area contributed by atoms with Crippen LogP contribution in [0.1, 0.15) is 44.7 Å². The number of anilines is 1. The van der Waals surface area contributed by atoms with Gasteiger partial charge in [0.05, 0.1) is 11.8 Å². The van der Waals surface area contributed by atoms with Gasteiger partial charge in [-0.05, 0) is 25.3 Å². The Kier molecular flexibility index (Phi) is 6.49. The van der Waals surface area contributed by atoms with Gasteiger partial charge in [-0.2, -0.15) is 0 Å². The standard InChI is InChI=1S/C19H24N4O2S2/c1-4-16(24)23(15-10-11-15)18-20-21-19(27-18)26-12-17(25)22(3)13(2)14-8-6-5-7-9-14/h5-9,13,15H,4,10-12H2,1-3H3/t13-/m1/s1. The van der Waals surface area contributed by atoms with E-state index in [0.717, 1.165) is 18.4 Å². The zero-order valence-electron chi connectivity index (χ0n) is 15.8. The Morgan fingerprint density at radius 3 is 2.56 bits per heavy atom. The van der Waals surface area contributed by atoms with Crippen LogP contribution in [0.25, 0.3) is 0 Å². The van der Waals surface area contributed by atoms with Gasteiger partial charge in [0.2, 0.25) is 16.9 Å². The minimum Gasteiger partial charge on any atom is -0.338 e. The second-order valence-corrected chi connectivity index (χ2v) is 8.76. The predicted octanol–water partition coefficient (Wildman–Crippen LogP) is 3.76. The van der Waals surface area contributed by atoms with E-state index >= 15 is 0 Å². The maximum Gasteiger partial charge on any atom is 0.233 e. The Morgan fingerprint density at radius 2 is 1.93 bits per heavy atom. The first kappa shape index (κ1) is 19.8. The van der Waals surface area contributed by atoms with E-state index < -0.39 is 0 Å². The molecule has 1 aromatic heterocycles. The van der Waals surface area contributed by atoms with E-state index in [9.17, 15) is 9.59 Å². The van der Waals surface area contributed by atoms with Crippen LogP contribution in [0.3, 0.4) is 0 Å². The van der Waals surface area contributed by atoms with Crippen molar-refractivity contribution in [3.05, 3.63) is 35.9 Å². The van der Waals surface area contributed by atoms with Crippen molar-refractivity contribution in [2.24, 2.45) is 0 Å². The molecule has 1 heterocycles. The van der Waals surface area contributed by atoms with Crippen LogP contribution in [0.5, 0.6) is 0 Å². The van der Waals surface area contributed by atoms with E-state index in [1.165, 1.54) is 23.1 Å². The average Bonchev–Trinajstić information content (AvgIpc) is 3.42. The summed E-state index contributed by atoms with van der Waals surface area (Å²) in [5.74, 6) is 0.419. The highest BCUT2D eigenvalue weighted by Crippen LogP contribution is 2.36. The van der Waals surface area contributed by atoms with Crippen LogP contribution in [-0.4, -0.2) is 45.8 Å². The molecule has 0 saturated heterocycles. The molecule has 0 bridgehead atoms. The molecule has 8 heteroatoms. The van der Waals surface area contributed by atoms with Crippen molar-refractivity contribution >= 4 is 40.0 Å². The lowest BCUT2D eigenvalue weighted by molar-refractivity contribution is -0.129. The highest BCUT2D eigenvalue weighted by atomic mass is 32.2. The number of amides is 2. The fraction of sp³-hybridized carbons (Fsp3) is 0.474. The molecular formula is C19H24N4O2S2. The molecule has 6 nitrogen and oxygen atoms in total. The van der Waals surface area contributed by atoms with Crippen molar-refractivity contribution in [2.45, 2.75) is 49.5 Å². The van der Waals surface area contributed by atoms with E-state index in [4.69, 9.17) is 0 Å². The van der Waals surface area contributed by atoms with Crippen LogP contribution in [0.4, 0.5) is 5.13 Å².